The van der Waals surface area contributed by atoms with Crippen LogP contribution in [0.15, 0.2) is 0 Å². The summed E-state index contributed by atoms with van der Waals surface area (Å²) in [7, 11) is 0. The van der Waals surface area contributed by atoms with Gasteiger partial charge >= 0.3 is 0 Å². The number of nitrogens with one attached hydrogen (secondary N) is 1. The van der Waals surface area contributed by atoms with Gasteiger partial charge in [0.15, 0.2) is 0 Å². The van der Waals surface area contributed by atoms with Gasteiger partial charge in [0, 0.05) is 12.6 Å². The standard InChI is InChI=1S/C8H17NO/c1-3-8(10)5-4-7(2)9-6-8/h7,9-10H,3-6H2,1-2H3. The van der Waals surface area contributed by atoms with Crippen LogP contribution in [-0.4, -0.2) is 23.3 Å². The lowest BCUT2D eigenvalue weighted by Gasteiger charge is -2.34. The molecule has 0 aromatic carbocycles. The Bertz CT molecular complexity index is 106. The highest BCUT2D eigenvalue weighted by Crippen LogP contribution is 2.21. The fraction of sp³-hybridized carbons (Fsp3) is 1.00. The van der Waals surface area contributed by atoms with E-state index in [2.05, 4.69) is 12.2 Å². The van der Waals surface area contributed by atoms with E-state index in [1.54, 1.807) is 0 Å². The van der Waals surface area contributed by atoms with Gasteiger partial charge in [0.2, 0.25) is 0 Å². The molecule has 1 fully saturated rings. The monoisotopic (exact) mass is 143 g/mol. The summed E-state index contributed by atoms with van der Waals surface area (Å²) in [6.07, 6.45) is 2.93. The Morgan fingerprint density at radius 1 is 1.70 bits per heavy atom. The first-order valence-electron chi connectivity index (χ1n) is 4.12. The minimum Gasteiger partial charge on any atom is -0.389 e. The zero-order valence-corrected chi connectivity index (χ0v) is 6.85. The second-order valence-corrected chi connectivity index (χ2v) is 3.40. The van der Waals surface area contributed by atoms with Gasteiger partial charge in [-0.25, -0.2) is 0 Å². The van der Waals surface area contributed by atoms with Crippen LogP contribution in [0.3, 0.4) is 0 Å². The van der Waals surface area contributed by atoms with Crippen LogP contribution in [0, 0.1) is 0 Å². The van der Waals surface area contributed by atoms with Crippen LogP contribution in [0.25, 0.3) is 0 Å². The molecule has 2 heteroatoms. The molecule has 0 saturated carbocycles. The largest absolute Gasteiger partial charge is 0.389 e. The van der Waals surface area contributed by atoms with E-state index in [1.807, 2.05) is 6.92 Å². The highest BCUT2D eigenvalue weighted by atomic mass is 16.3. The molecule has 2 unspecified atom stereocenters. The second kappa shape index (κ2) is 2.89. The van der Waals surface area contributed by atoms with E-state index >= 15 is 0 Å². The zero-order chi connectivity index (χ0) is 7.61. The molecule has 2 nitrogen and oxygen atoms in total. The van der Waals surface area contributed by atoms with Crippen LogP contribution in [0.5, 0.6) is 0 Å². The molecular formula is C8H17NO. The van der Waals surface area contributed by atoms with E-state index in [-0.39, 0.29) is 0 Å². The van der Waals surface area contributed by atoms with Crippen LogP contribution in [-0.2, 0) is 0 Å². The molecule has 1 aliphatic heterocycles. The average molecular weight is 143 g/mol. The lowest BCUT2D eigenvalue weighted by molar-refractivity contribution is 0.00478. The summed E-state index contributed by atoms with van der Waals surface area (Å²) in [6, 6.07) is 0.590. The molecule has 2 atom stereocenters. The summed E-state index contributed by atoms with van der Waals surface area (Å²) in [5.41, 5.74) is -0.410. The Balaban J connectivity index is 2.38. The Hall–Kier alpha value is -0.0800. The maximum atomic E-state index is 9.74. The van der Waals surface area contributed by atoms with Crippen LogP contribution in [0.2, 0.25) is 0 Å². The van der Waals surface area contributed by atoms with Crippen LogP contribution < -0.4 is 5.32 Å². The molecule has 1 aliphatic rings. The molecule has 2 N–H and O–H groups in total. The molecule has 0 aromatic rings. The van der Waals surface area contributed by atoms with Crippen molar-refractivity contribution in [3.8, 4) is 0 Å². The highest BCUT2D eigenvalue weighted by Gasteiger charge is 2.28. The van der Waals surface area contributed by atoms with E-state index in [0.717, 1.165) is 25.8 Å². The van der Waals surface area contributed by atoms with Crippen LogP contribution in [0.1, 0.15) is 33.1 Å². The molecule has 0 radical (unpaired) electrons. The maximum absolute atomic E-state index is 9.74. The summed E-state index contributed by atoms with van der Waals surface area (Å²) in [5, 5.41) is 13.0. The maximum Gasteiger partial charge on any atom is 0.0769 e. The van der Waals surface area contributed by atoms with Crippen molar-refractivity contribution in [2.24, 2.45) is 0 Å². The van der Waals surface area contributed by atoms with Crippen LogP contribution in [0.4, 0.5) is 0 Å². The van der Waals surface area contributed by atoms with Gasteiger partial charge < -0.3 is 10.4 Å². The molecule has 0 bridgehead atoms. The number of hydrogen-bond acceptors (Lipinski definition) is 2. The van der Waals surface area contributed by atoms with Crippen LogP contribution >= 0.6 is 0 Å². The minimum absolute atomic E-state index is 0.410. The van der Waals surface area contributed by atoms with Crippen molar-refractivity contribution in [1.29, 1.82) is 0 Å². The second-order valence-electron chi connectivity index (χ2n) is 3.40. The van der Waals surface area contributed by atoms with Gasteiger partial charge in [-0.05, 0) is 26.2 Å². The Morgan fingerprint density at radius 3 is 2.80 bits per heavy atom. The van der Waals surface area contributed by atoms with Gasteiger partial charge in [0.05, 0.1) is 5.60 Å². The van der Waals surface area contributed by atoms with Crippen molar-refractivity contribution < 1.29 is 5.11 Å². The number of piperidine rings is 1. The first-order valence-corrected chi connectivity index (χ1v) is 4.12. The number of hydrogen-bond donors (Lipinski definition) is 2. The van der Waals surface area contributed by atoms with Crippen molar-refractivity contribution in [2.45, 2.75) is 44.8 Å². The number of β-amino-alcohol motifs (C(OH)–C–C–N with tert-alkyl or cyclic N) is 1. The summed E-state index contributed by atoms with van der Waals surface area (Å²) in [4.78, 5) is 0. The molecule has 0 aromatic heterocycles. The molecule has 0 aliphatic carbocycles. The quantitative estimate of drug-likeness (QED) is 0.571. The van der Waals surface area contributed by atoms with Crippen molar-refractivity contribution in [3.05, 3.63) is 0 Å². The molecule has 1 rings (SSSR count). The summed E-state index contributed by atoms with van der Waals surface area (Å²) in [6.45, 7) is 4.97. The Morgan fingerprint density at radius 2 is 2.40 bits per heavy atom. The molecule has 0 spiro atoms. The van der Waals surface area contributed by atoms with Gasteiger partial charge in [-0.1, -0.05) is 6.92 Å². The SMILES string of the molecule is CCC1(O)CCC(C)NC1. The molecular weight excluding hydrogens is 126 g/mol. The normalized spacial score (nSPS) is 41.7. The third kappa shape index (κ3) is 1.70. The number of aliphatic hydroxyl groups is 1. The van der Waals surface area contributed by atoms with Crippen molar-refractivity contribution in [1.82, 2.24) is 5.32 Å². The highest BCUT2D eigenvalue weighted by molar-refractivity contribution is 4.86. The smallest absolute Gasteiger partial charge is 0.0769 e. The van der Waals surface area contributed by atoms with E-state index in [4.69, 9.17) is 0 Å². The van der Waals surface area contributed by atoms with E-state index in [1.165, 1.54) is 0 Å². The van der Waals surface area contributed by atoms with Gasteiger partial charge in [-0.2, -0.15) is 0 Å². The van der Waals surface area contributed by atoms with Gasteiger partial charge in [0.25, 0.3) is 0 Å². The first-order chi connectivity index (χ1) is 4.66. The fourth-order valence-corrected chi connectivity index (χ4v) is 1.34. The van der Waals surface area contributed by atoms with Crippen molar-refractivity contribution in [3.63, 3.8) is 0 Å². The Kier molecular flexibility index (Phi) is 2.32. The minimum atomic E-state index is -0.410. The van der Waals surface area contributed by atoms with E-state index in [0.29, 0.717) is 6.04 Å². The van der Waals surface area contributed by atoms with Gasteiger partial charge in [0.1, 0.15) is 0 Å². The molecule has 0 amide bonds. The molecule has 10 heavy (non-hydrogen) atoms. The third-order valence-electron chi connectivity index (χ3n) is 2.48. The predicted molar refractivity (Wildman–Crippen MR) is 41.9 cm³/mol. The van der Waals surface area contributed by atoms with Crippen molar-refractivity contribution >= 4 is 0 Å². The zero-order valence-electron chi connectivity index (χ0n) is 6.85. The predicted octanol–water partition coefficient (Wildman–Crippen LogP) is 0.899. The van der Waals surface area contributed by atoms with E-state index < -0.39 is 5.60 Å². The molecule has 1 heterocycles. The third-order valence-corrected chi connectivity index (χ3v) is 2.48. The van der Waals surface area contributed by atoms with E-state index in [9.17, 15) is 5.11 Å². The van der Waals surface area contributed by atoms with Gasteiger partial charge in [-0.15, -0.1) is 0 Å². The summed E-state index contributed by atoms with van der Waals surface area (Å²) >= 11 is 0. The van der Waals surface area contributed by atoms with Crippen molar-refractivity contribution in [2.75, 3.05) is 6.54 Å². The summed E-state index contributed by atoms with van der Waals surface area (Å²) in [5.74, 6) is 0. The average Bonchev–Trinajstić information content (AvgIpc) is 1.96. The molecule has 60 valence electrons. The fourth-order valence-electron chi connectivity index (χ4n) is 1.34. The molecule has 1 saturated heterocycles. The lowest BCUT2D eigenvalue weighted by atomic mass is 9.89. The first kappa shape index (κ1) is 8.02. The lowest BCUT2D eigenvalue weighted by Crippen LogP contribution is -2.48. The Labute approximate surface area is 62.6 Å². The summed E-state index contributed by atoms with van der Waals surface area (Å²) < 4.78 is 0. The topological polar surface area (TPSA) is 32.3 Å². The number of rotatable bonds is 1. The van der Waals surface area contributed by atoms with Gasteiger partial charge in [-0.3, -0.25) is 0 Å².